The van der Waals surface area contributed by atoms with Crippen molar-refractivity contribution in [2.45, 2.75) is 25.7 Å². The number of amides is 1. The number of aryl methyl sites for hydroxylation is 1. The largest absolute Gasteiger partial charge is 0.325 e. The fourth-order valence-corrected chi connectivity index (χ4v) is 5.56. The first-order chi connectivity index (χ1) is 16.3. The molecule has 0 aliphatic carbocycles. The highest BCUT2D eigenvalue weighted by atomic mass is 35.5. The molecule has 3 rings (SSSR count). The molecular formula is C24H26ClN3O5S2. The van der Waals surface area contributed by atoms with Crippen LogP contribution in [0.4, 0.5) is 17.1 Å². The summed E-state index contributed by atoms with van der Waals surface area (Å²) in [6.45, 7) is 4.92. The molecule has 0 aromatic heterocycles. The number of hydrogen-bond donors (Lipinski definition) is 2. The standard InChI is InChI=1S/C24H26ClN3O5S2/c1-16-7-5-10-23(17(16)2)28(34(4,30)31)15-24(29)26-19-11-13-20(14-12-19)35(32,33)27-22-9-6-8-21(25)18(22)3/h5-14,27H,15H2,1-4H3,(H,26,29). The number of nitrogens with one attached hydrogen (secondary N) is 2. The van der Waals surface area contributed by atoms with Crippen molar-refractivity contribution in [1.82, 2.24) is 0 Å². The molecule has 0 heterocycles. The molecule has 8 nitrogen and oxygen atoms in total. The van der Waals surface area contributed by atoms with Gasteiger partial charge in [-0.1, -0.05) is 29.8 Å². The van der Waals surface area contributed by atoms with Crippen LogP contribution in [0.25, 0.3) is 0 Å². The molecule has 0 aliphatic rings. The van der Waals surface area contributed by atoms with Crippen molar-refractivity contribution in [3.8, 4) is 0 Å². The Kier molecular flexibility index (Phi) is 7.78. The molecule has 0 fully saturated rings. The summed E-state index contributed by atoms with van der Waals surface area (Å²) >= 11 is 6.06. The quantitative estimate of drug-likeness (QED) is 0.442. The third kappa shape index (κ3) is 6.33. The van der Waals surface area contributed by atoms with E-state index in [0.717, 1.165) is 21.7 Å². The van der Waals surface area contributed by atoms with Crippen LogP contribution in [0.1, 0.15) is 16.7 Å². The molecule has 11 heteroatoms. The smallest absolute Gasteiger partial charge is 0.261 e. The molecule has 0 bridgehead atoms. The van der Waals surface area contributed by atoms with E-state index in [9.17, 15) is 21.6 Å². The van der Waals surface area contributed by atoms with Crippen molar-refractivity contribution >= 4 is 54.6 Å². The maximum absolute atomic E-state index is 12.8. The lowest BCUT2D eigenvalue weighted by molar-refractivity contribution is -0.114. The molecule has 0 saturated carbocycles. The van der Waals surface area contributed by atoms with E-state index in [1.807, 2.05) is 13.0 Å². The molecule has 0 spiro atoms. The molecule has 0 radical (unpaired) electrons. The van der Waals surface area contributed by atoms with Gasteiger partial charge in [-0.15, -0.1) is 0 Å². The summed E-state index contributed by atoms with van der Waals surface area (Å²) in [6.07, 6.45) is 1.04. The lowest BCUT2D eigenvalue weighted by atomic mass is 10.1. The van der Waals surface area contributed by atoms with Crippen molar-refractivity contribution in [3.05, 3.63) is 82.4 Å². The number of sulfonamides is 2. The minimum Gasteiger partial charge on any atom is -0.325 e. The Morgan fingerprint density at radius 3 is 2.14 bits per heavy atom. The third-order valence-corrected chi connectivity index (χ3v) is 8.41. The predicted octanol–water partition coefficient (Wildman–Crippen LogP) is 4.47. The number of benzene rings is 3. The Hall–Kier alpha value is -3.08. The van der Waals surface area contributed by atoms with Crippen LogP contribution < -0.4 is 14.3 Å². The summed E-state index contributed by atoms with van der Waals surface area (Å²) in [5.41, 5.74) is 3.36. The first-order valence-electron chi connectivity index (χ1n) is 10.5. The second-order valence-electron chi connectivity index (χ2n) is 8.08. The second kappa shape index (κ2) is 10.3. The highest BCUT2D eigenvalue weighted by Crippen LogP contribution is 2.27. The topological polar surface area (TPSA) is 113 Å². The highest BCUT2D eigenvalue weighted by molar-refractivity contribution is 7.92. The van der Waals surface area contributed by atoms with Crippen LogP contribution in [0.2, 0.25) is 5.02 Å². The molecular weight excluding hydrogens is 510 g/mol. The van der Waals surface area contributed by atoms with Crippen molar-refractivity contribution in [2.24, 2.45) is 0 Å². The minimum atomic E-state index is -3.89. The number of rotatable bonds is 8. The molecule has 0 aliphatic heterocycles. The number of nitrogens with zero attached hydrogens (tertiary/aromatic N) is 1. The van der Waals surface area contributed by atoms with Crippen molar-refractivity contribution in [2.75, 3.05) is 27.1 Å². The molecule has 0 unspecified atom stereocenters. The Labute approximate surface area is 211 Å². The number of carbonyl (C=O) groups is 1. The molecule has 0 atom stereocenters. The summed E-state index contributed by atoms with van der Waals surface area (Å²) < 4.78 is 53.9. The van der Waals surface area contributed by atoms with Gasteiger partial charge in [0.15, 0.2) is 0 Å². The van der Waals surface area contributed by atoms with Gasteiger partial charge in [-0.3, -0.25) is 13.8 Å². The predicted molar refractivity (Wildman–Crippen MR) is 140 cm³/mol. The van der Waals surface area contributed by atoms with Crippen LogP contribution in [0.15, 0.2) is 65.6 Å². The van der Waals surface area contributed by atoms with Crippen LogP contribution in [-0.2, 0) is 24.8 Å². The van der Waals surface area contributed by atoms with E-state index >= 15 is 0 Å². The number of hydrogen-bond acceptors (Lipinski definition) is 5. The first kappa shape index (κ1) is 26.5. The van der Waals surface area contributed by atoms with Crippen LogP contribution in [0, 0.1) is 20.8 Å². The molecule has 0 saturated heterocycles. The molecule has 2 N–H and O–H groups in total. The Bertz CT molecular complexity index is 1470. The van der Waals surface area contributed by atoms with Gasteiger partial charge in [-0.2, -0.15) is 0 Å². The maximum atomic E-state index is 12.8. The maximum Gasteiger partial charge on any atom is 0.261 e. The van der Waals surface area contributed by atoms with Gasteiger partial charge in [0.2, 0.25) is 15.9 Å². The van der Waals surface area contributed by atoms with E-state index in [1.165, 1.54) is 24.3 Å². The van der Waals surface area contributed by atoms with Crippen molar-refractivity contribution in [1.29, 1.82) is 0 Å². The molecule has 1 amide bonds. The summed E-state index contributed by atoms with van der Waals surface area (Å²) in [7, 11) is -7.62. The molecule has 3 aromatic rings. The second-order valence-corrected chi connectivity index (χ2v) is 12.1. The summed E-state index contributed by atoms with van der Waals surface area (Å²) in [4.78, 5) is 12.7. The van der Waals surface area contributed by atoms with E-state index in [4.69, 9.17) is 11.6 Å². The third-order valence-electron chi connectivity index (χ3n) is 5.49. The zero-order valence-corrected chi connectivity index (χ0v) is 22.1. The van der Waals surface area contributed by atoms with Gasteiger partial charge in [0.05, 0.1) is 22.5 Å². The monoisotopic (exact) mass is 535 g/mol. The van der Waals surface area contributed by atoms with E-state index in [1.54, 1.807) is 44.2 Å². The number of carbonyl (C=O) groups excluding carboxylic acids is 1. The van der Waals surface area contributed by atoms with Crippen LogP contribution in [-0.4, -0.2) is 35.5 Å². The zero-order valence-electron chi connectivity index (χ0n) is 19.7. The van der Waals surface area contributed by atoms with Crippen LogP contribution >= 0.6 is 11.6 Å². The normalized spacial score (nSPS) is 11.7. The molecule has 35 heavy (non-hydrogen) atoms. The van der Waals surface area contributed by atoms with Gasteiger partial charge < -0.3 is 5.32 Å². The SMILES string of the molecule is Cc1cccc(N(CC(=O)Nc2ccc(S(=O)(=O)Nc3cccc(Cl)c3C)cc2)S(C)(=O)=O)c1C. The average Bonchev–Trinajstić information content (AvgIpc) is 2.77. The summed E-state index contributed by atoms with van der Waals surface area (Å²) in [6, 6.07) is 15.7. The highest BCUT2D eigenvalue weighted by Gasteiger charge is 2.23. The number of anilines is 3. The Balaban J connectivity index is 1.75. The first-order valence-corrected chi connectivity index (χ1v) is 14.2. The van der Waals surface area contributed by atoms with Gasteiger partial charge in [-0.05, 0) is 79.9 Å². The fraction of sp³-hybridized carbons (Fsp3) is 0.208. The van der Waals surface area contributed by atoms with Crippen LogP contribution in [0.3, 0.4) is 0 Å². The van der Waals surface area contributed by atoms with Gasteiger partial charge in [0.25, 0.3) is 10.0 Å². The van der Waals surface area contributed by atoms with Gasteiger partial charge in [0.1, 0.15) is 6.54 Å². The van der Waals surface area contributed by atoms with E-state index < -0.39 is 32.5 Å². The van der Waals surface area contributed by atoms with E-state index in [-0.39, 0.29) is 4.90 Å². The Morgan fingerprint density at radius 1 is 0.886 bits per heavy atom. The van der Waals surface area contributed by atoms with Crippen molar-refractivity contribution in [3.63, 3.8) is 0 Å². The van der Waals surface area contributed by atoms with E-state index in [2.05, 4.69) is 10.0 Å². The lowest BCUT2D eigenvalue weighted by Gasteiger charge is -2.24. The number of halogens is 1. The van der Waals surface area contributed by atoms with Crippen molar-refractivity contribution < 1.29 is 21.6 Å². The summed E-state index contributed by atoms with van der Waals surface area (Å²) in [5, 5.41) is 3.05. The average molecular weight is 536 g/mol. The summed E-state index contributed by atoms with van der Waals surface area (Å²) in [5.74, 6) is -0.570. The fourth-order valence-electron chi connectivity index (χ4n) is 3.36. The van der Waals surface area contributed by atoms with Crippen LogP contribution in [0.5, 0.6) is 0 Å². The van der Waals surface area contributed by atoms with Gasteiger partial charge in [-0.25, -0.2) is 16.8 Å². The van der Waals surface area contributed by atoms with E-state index in [0.29, 0.717) is 27.6 Å². The minimum absolute atomic E-state index is 0.0111. The molecule has 3 aromatic carbocycles. The van der Waals surface area contributed by atoms with Gasteiger partial charge >= 0.3 is 0 Å². The lowest BCUT2D eigenvalue weighted by Crippen LogP contribution is -2.38. The Morgan fingerprint density at radius 2 is 1.51 bits per heavy atom. The van der Waals surface area contributed by atoms with Gasteiger partial charge in [0, 0.05) is 10.7 Å². The zero-order chi connectivity index (χ0) is 26.0. The molecule has 186 valence electrons.